The molecule has 0 saturated heterocycles. The van der Waals surface area contributed by atoms with E-state index >= 15 is 0 Å². The Hall–Kier alpha value is -0.370. The van der Waals surface area contributed by atoms with Crippen molar-refractivity contribution in [2.75, 3.05) is 0 Å². The number of hydrogen-bond donors (Lipinski definition) is 1. The van der Waals surface area contributed by atoms with Crippen molar-refractivity contribution in [1.82, 2.24) is 0 Å². The predicted octanol–water partition coefficient (Wildman–Crippen LogP) is 1.48. The first-order chi connectivity index (χ1) is 5.68. The van der Waals surface area contributed by atoms with Crippen LogP contribution in [0.4, 0.5) is 0 Å². The second kappa shape index (κ2) is 4.04. The van der Waals surface area contributed by atoms with E-state index in [2.05, 4.69) is 5.92 Å². The molecule has 0 heterocycles. The summed E-state index contributed by atoms with van der Waals surface area (Å²) in [5, 5.41) is 0. The maximum atomic E-state index is 10.4. The molecular formula is C8H12O3S. The molecular weight excluding hydrogens is 176 g/mol. The third-order valence-corrected chi connectivity index (χ3v) is 2.62. The first kappa shape index (κ1) is 9.72. The molecule has 1 fully saturated rings. The van der Waals surface area contributed by atoms with Gasteiger partial charge in [0.05, 0.1) is 0 Å². The Labute approximate surface area is 75.0 Å². The fourth-order valence-electron chi connectivity index (χ4n) is 1.51. The molecule has 1 N–H and O–H groups in total. The molecule has 0 aromatic carbocycles. The van der Waals surface area contributed by atoms with Crippen LogP contribution in [0.3, 0.4) is 0 Å². The monoisotopic (exact) mass is 188 g/mol. The Morgan fingerprint density at radius 3 is 2.42 bits per heavy atom. The molecule has 1 rings (SSSR count). The first-order valence-corrected chi connectivity index (χ1v) is 5.00. The molecule has 0 aromatic heterocycles. The Morgan fingerprint density at radius 2 is 2.00 bits per heavy atom. The fourth-order valence-corrected chi connectivity index (χ4v) is 2.00. The summed E-state index contributed by atoms with van der Waals surface area (Å²) in [5.41, 5.74) is -0.780. The van der Waals surface area contributed by atoms with Gasteiger partial charge in [0.25, 0.3) is 0 Å². The van der Waals surface area contributed by atoms with Crippen LogP contribution in [0.15, 0.2) is 0 Å². The fraction of sp³-hybridized carbons (Fsp3) is 0.750. The standard InChI is InChI=1S/C8H12O3S/c1-2-8(11-12(9)10)6-4-3-5-7-8/h1H,3-7H2,(H,9,10). The lowest BCUT2D eigenvalue weighted by Crippen LogP contribution is -2.33. The normalized spacial score (nSPS) is 24.3. The van der Waals surface area contributed by atoms with Crippen LogP contribution in [0.25, 0.3) is 0 Å². The van der Waals surface area contributed by atoms with Gasteiger partial charge in [0, 0.05) is 0 Å². The molecule has 1 aliphatic rings. The molecule has 4 heteroatoms. The molecule has 68 valence electrons. The van der Waals surface area contributed by atoms with E-state index < -0.39 is 17.0 Å². The summed E-state index contributed by atoms with van der Waals surface area (Å²) in [6.45, 7) is 0. The van der Waals surface area contributed by atoms with Crippen molar-refractivity contribution in [3.63, 3.8) is 0 Å². The number of terminal acetylenes is 1. The quantitative estimate of drug-likeness (QED) is 0.527. The summed E-state index contributed by atoms with van der Waals surface area (Å²) in [5.74, 6) is 2.47. The van der Waals surface area contributed by atoms with Crippen LogP contribution in [0.1, 0.15) is 32.1 Å². The van der Waals surface area contributed by atoms with Crippen molar-refractivity contribution in [2.24, 2.45) is 0 Å². The highest BCUT2D eigenvalue weighted by molar-refractivity contribution is 7.74. The van der Waals surface area contributed by atoms with Gasteiger partial charge in [-0.15, -0.1) is 6.42 Å². The third-order valence-electron chi connectivity index (χ3n) is 2.16. The Kier molecular flexibility index (Phi) is 3.27. The zero-order valence-electron chi connectivity index (χ0n) is 6.78. The molecule has 0 spiro atoms. The van der Waals surface area contributed by atoms with Gasteiger partial charge < -0.3 is 0 Å². The molecule has 3 nitrogen and oxygen atoms in total. The highest BCUT2D eigenvalue weighted by Crippen LogP contribution is 2.31. The van der Waals surface area contributed by atoms with Gasteiger partial charge in [-0.1, -0.05) is 12.3 Å². The predicted molar refractivity (Wildman–Crippen MR) is 46.5 cm³/mol. The van der Waals surface area contributed by atoms with Crippen molar-refractivity contribution in [3.05, 3.63) is 0 Å². The van der Waals surface area contributed by atoms with E-state index in [4.69, 9.17) is 15.2 Å². The molecule has 1 saturated carbocycles. The highest BCUT2D eigenvalue weighted by atomic mass is 32.2. The Bertz CT molecular complexity index is 213. The van der Waals surface area contributed by atoms with Crippen LogP contribution < -0.4 is 0 Å². The van der Waals surface area contributed by atoms with Crippen molar-refractivity contribution in [2.45, 2.75) is 37.7 Å². The van der Waals surface area contributed by atoms with E-state index in [0.717, 1.165) is 19.3 Å². The van der Waals surface area contributed by atoms with Crippen LogP contribution in [0.2, 0.25) is 0 Å². The van der Waals surface area contributed by atoms with Crippen LogP contribution in [-0.2, 0) is 15.5 Å². The maximum Gasteiger partial charge on any atom is 0.303 e. The summed E-state index contributed by atoms with van der Waals surface area (Å²) in [6, 6.07) is 0. The molecule has 0 radical (unpaired) electrons. The van der Waals surface area contributed by atoms with Gasteiger partial charge in [-0.05, 0) is 25.7 Å². The summed E-state index contributed by atoms with van der Waals surface area (Å²) in [4.78, 5) is 0. The molecule has 12 heavy (non-hydrogen) atoms. The van der Waals surface area contributed by atoms with Gasteiger partial charge in [-0.2, -0.15) is 4.21 Å². The minimum absolute atomic E-state index is 0.690. The molecule has 0 aliphatic heterocycles. The van der Waals surface area contributed by atoms with E-state index in [0.29, 0.717) is 12.8 Å². The third kappa shape index (κ3) is 2.31. The number of hydrogen-bond acceptors (Lipinski definition) is 2. The number of rotatable bonds is 2. The van der Waals surface area contributed by atoms with E-state index in [1.165, 1.54) is 0 Å². The van der Waals surface area contributed by atoms with Gasteiger partial charge in [0.2, 0.25) is 0 Å². The zero-order chi connectivity index (χ0) is 9.03. The summed E-state index contributed by atoms with van der Waals surface area (Å²) < 4.78 is 23.8. The average molecular weight is 188 g/mol. The van der Waals surface area contributed by atoms with Crippen molar-refractivity contribution >= 4 is 11.4 Å². The molecule has 1 aliphatic carbocycles. The van der Waals surface area contributed by atoms with Gasteiger partial charge in [0.15, 0.2) is 0 Å². The highest BCUT2D eigenvalue weighted by Gasteiger charge is 2.33. The second-order valence-corrected chi connectivity index (χ2v) is 3.60. The molecule has 0 aromatic rings. The first-order valence-electron chi connectivity index (χ1n) is 3.97. The Morgan fingerprint density at radius 1 is 1.42 bits per heavy atom. The summed E-state index contributed by atoms with van der Waals surface area (Å²) >= 11 is -2.24. The van der Waals surface area contributed by atoms with Crippen LogP contribution >= 0.6 is 0 Å². The molecule has 1 atom stereocenters. The van der Waals surface area contributed by atoms with E-state index in [-0.39, 0.29) is 0 Å². The summed E-state index contributed by atoms with van der Waals surface area (Å²) in [6.07, 6.45) is 9.72. The van der Waals surface area contributed by atoms with Gasteiger partial charge in [0.1, 0.15) is 5.60 Å². The SMILES string of the molecule is C#CC1(OS(=O)O)CCCCC1. The minimum atomic E-state index is -2.24. The summed E-state index contributed by atoms with van der Waals surface area (Å²) in [7, 11) is 0. The van der Waals surface area contributed by atoms with Gasteiger partial charge >= 0.3 is 11.4 Å². The van der Waals surface area contributed by atoms with E-state index in [1.807, 2.05) is 0 Å². The van der Waals surface area contributed by atoms with Crippen molar-refractivity contribution in [3.8, 4) is 12.3 Å². The van der Waals surface area contributed by atoms with Crippen molar-refractivity contribution < 1.29 is 12.9 Å². The average Bonchev–Trinajstić information content (AvgIpc) is 2.05. The lowest BCUT2D eigenvalue weighted by molar-refractivity contribution is 0.0921. The lowest BCUT2D eigenvalue weighted by Gasteiger charge is -2.29. The molecule has 1 unspecified atom stereocenters. The van der Waals surface area contributed by atoms with Crippen molar-refractivity contribution in [1.29, 1.82) is 0 Å². The minimum Gasteiger partial charge on any atom is -0.284 e. The van der Waals surface area contributed by atoms with Crippen LogP contribution in [0, 0.1) is 12.3 Å². The van der Waals surface area contributed by atoms with Gasteiger partial charge in [-0.3, -0.25) is 4.55 Å². The Balaban J connectivity index is 2.61. The molecule has 0 amide bonds. The van der Waals surface area contributed by atoms with Gasteiger partial charge in [-0.25, -0.2) is 4.18 Å². The maximum absolute atomic E-state index is 10.4. The topological polar surface area (TPSA) is 46.5 Å². The smallest absolute Gasteiger partial charge is 0.284 e. The van der Waals surface area contributed by atoms with Crippen LogP contribution in [-0.4, -0.2) is 14.4 Å². The van der Waals surface area contributed by atoms with E-state index in [1.54, 1.807) is 0 Å². The van der Waals surface area contributed by atoms with Crippen LogP contribution in [0.5, 0.6) is 0 Å². The second-order valence-electron chi connectivity index (χ2n) is 3.00. The largest absolute Gasteiger partial charge is 0.303 e. The molecule has 0 bridgehead atoms. The van der Waals surface area contributed by atoms with E-state index in [9.17, 15) is 4.21 Å². The lowest BCUT2D eigenvalue weighted by atomic mass is 9.86. The zero-order valence-corrected chi connectivity index (χ0v) is 7.60.